The van der Waals surface area contributed by atoms with E-state index in [1.54, 1.807) is 0 Å². The van der Waals surface area contributed by atoms with E-state index < -0.39 is 0 Å². The molecule has 0 saturated carbocycles. The van der Waals surface area contributed by atoms with Crippen molar-refractivity contribution >= 4 is 5.91 Å². The van der Waals surface area contributed by atoms with E-state index in [0.29, 0.717) is 13.0 Å². The Morgan fingerprint density at radius 3 is 2.44 bits per heavy atom. The average Bonchev–Trinajstić information content (AvgIpc) is 2.24. The lowest BCUT2D eigenvalue weighted by Crippen LogP contribution is -2.48. The van der Waals surface area contributed by atoms with E-state index in [0.717, 1.165) is 12.8 Å². The lowest BCUT2D eigenvalue weighted by Gasteiger charge is -2.24. The number of nitrogens with two attached hydrogens (primary N) is 1. The second-order valence-corrected chi connectivity index (χ2v) is 5.61. The van der Waals surface area contributed by atoms with Crippen LogP contribution in [0.15, 0.2) is 0 Å². The molecule has 2 unspecified atom stereocenters. The molecular formula is C14H27N3O. The summed E-state index contributed by atoms with van der Waals surface area (Å²) in [4.78, 5) is 11.8. The maximum atomic E-state index is 11.8. The Balaban J connectivity index is 4.26. The predicted molar refractivity (Wildman–Crippen MR) is 76.0 cm³/mol. The number of hydrogen-bond donors (Lipinski definition) is 3. The fraction of sp³-hybridized carbons (Fsp3) is 0.786. The lowest BCUT2D eigenvalue weighted by atomic mass is 10.1. The number of hydrogen-bond acceptors (Lipinski definition) is 3. The van der Waals surface area contributed by atoms with Gasteiger partial charge in [0.05, 0.1) is 6.04 Å². The third-order valence-corrected chi connectivity index (χ3v) is 2.45. The van der Waals surface area contributed by atoms with Crippen molar-refractivity contribution in [3.63, 3.8) is 0 Å². The van der Waals surface area contributed by atoms with Crippen LogP contribution in [-0.2, 0) is 4.79 Å². The van der Waals surface area contributed by atoms with Gasteiger partial charge in [0.2, 0.25) is 5.91 Å². The molecule has 0 aromatic rings. The van der Waals surface area contributed by atoms with Crippen molar-refractivity contribution in [3.8, 4) is 12.3 Å². The van der Waals surface area contributed by atoms with E-state index in [9.17, 15) is 4.79 Å². The zero-order valence-electron chi connectivity index (χ0n) is 12.0. The van der Waals surface area contributed by atoms with E-state index in [4.69, 9.17) is 12.2 Å². The number of nitrogens with one attached hydrogen (secondary N) is 2. The summed E-state index contributed by atoms with van der Waals surface area (Å²) in [7, 11) is 0. The number of rotatable bonds is 7. The molecule has 0 spiro atoms. The minimum absolute atomic E-state index is 0.00211. The molecule has 0 aliphatic heterocycles. The standard InChI is InChI=1S/C14H27N3O/c1-6-8-11(7-2)16-12(10-15)9-13(18)17-14(3,4)5/h2,11-12,16H,6,8-10,15H2,1,3-5H3,(H,17,18). The minimum atomic E-state index is -0.217. The molecule has 0 aliphatic rings. The van der Waals surface area contributed by atoms with Crippen molar-refractivity contribution in [1.82, 2.24) is 10.6 Å². The Labute approximate surface area is 111 Å². The lowest BCUT2D eigenvalue weighted by molar-refractivity contribution is -0.122. The van der Waals surface area contributed by atoms with Crippen molar-refractivity contribution in [1.29, 1.82) is 0 Å². The van der Waals surface area contributed by atoms with E-state index in [-0.39, 0.29) is 23.5 Å². The van der Waals surface area contributed by atoms with Crippen LogP contribution >= 0.6 is 0 Å². The van der Waals surface area contributed by atoms with Gasteiger partial charge in [0.1, 0.15) is 0 Å². The quantitative estimate of drug-likeness (QED) is 0.593. The summed E-state index contributed by atoms with van der Waals surface area (Å²) >= 11 is 0. The number of carbonyl (C=O) groups is 1. The zero-order chi connectivity index (χ0) is 14.2. The first-order valence-electron chi connectivity index (χ1n) is 6.55. The summed E-state index contributed by atoms with van der Waals surface area (Å²) in [5, 5.41) is 6.17. The van der Waals surface area contributed by atoms with Gasteiger partial charge in [-0.15, -0.1) is 6.42 Å². The maximum Gasteiger partial charge on any atom is 0.222 e. The third kappa shape index (κ3) is 8.10. The van der Waals surface area contributed by atoms with Crippen LogP contribution in [0.2, 0.25) is 0 Å². The molecule has 0 aromatic carbocycles. The van der Waals surface area contributed by atoms with Crippen molar-refractivity contribution < 1.29 is 4.79 Å². The molecule has 2 atom stereocenters. The van der Waals surface area contributed by atoms with Crippen LogP contribution in [0.25, 0.3) is 0 Å². The normalized spacial score (nSPS) is 14.7. The van der Waals surface area contributed by atoms with Gasteiger partial charge >= 0.3 is 0 Å². The van der Waals surface area contributed by atoms with Gasteiger partial charge in [-0.3, -0.25) is 10.1 Å². The van der Waals surface area contributed by atoms with Gasteiger partial charge in [-0.2, -0.15) is 0 Å². The largest absolute Gasteiger partial charge is 0.351 e. The molecule has 0 saturated heterocycles. The van der Waals surface area contributed by atoms with Gasteiger partial charge < -0.3 is 11.1 Å². The topological polar surface area (TPSA) is 67.1 Å². The highest BCUT2D eigenvalue weighted by Gasteiger charge is 2.19. The van der Waals surface area contributed by atoms with Crippen molar-refractivity contribution in [2.45, 2.75) is 64.6 Å². The molecule has 0 bridgehead atoms. The van der Waals surface area contributed by atoms with Crippen LogP contribution in [0, 0.1) is 12.3 Å². The second kappa shape index (κ2) is 8.12. The van der Waals surface area contributed by atoms with E-state index in [1.165, 1.54) is 0 Å². The van der Waals surface area contributed by atoms with Crippen LogP contribution in [0.4, 0.5) is 0 Å². The van der Waals surface area contributed by atoms with Crippen LogP contribution in [-0.4, -0.2) is 30.1 Å². The first-order chi connectivity index (χ1) is 8.32. The van der Waals surface area contributed by atoms with Crippen LogP contribution in [0.3, 0.4) is 0 Å². The van der Waals surface area contributed by atoms with E-state index >= 15 is 0 Å². The molecule has 0 rings (SSSR count). The van der Waals surface area contributed by atoms with Gasteiger partial charge in [0.25, 0.3) is 0 Å². The first kappa shape index (κ1) is 16.9. The Morgan fingerprint density at radius 1 is 1.44 bits per heavy atom. The van der Waals surface area contributed by atoms with Crippen LogP contribution in [0.5, 0.6) is 0 Å². The fourth-order valence-electron chi connectivity index (χ4n) is 1.69. The molecule has 0 heterocycles. The fourth-order valence-corrected chi connectivity index (χ4v) is 1.69. The van der Waals surface area contributed by atoms with Gasteiger partial charge in [-0.05, 0) is 27.2 Å². The highest BCUT2D eigenvalue weighted by Crippen LogP contribution is 2.03. The van der Waals surface area contributed by atoms with Crippen LogP contribution < -0.4 is 16.4 Å². The molecule has 0 aromatic heterocycles. The molecule has 0 fully saturated rings. The molecule has 18 heavy (non-hydrogen) atoms. The maximum absolute atomic E-state index is 11.8. The Bertz CT molecular complexity index is 288. The van der Waals surface area contributed by atoms with Gasteiger partial charge in [0, 0.05) is 24.5 Å². The summed E-state index contributed by atoms with van der Waals surface area (Å²) in [5.74, 6) is 2.69. The van der Waals surface area contributed by atoms with Crippen molar-refractivity contribution in [2.24, 2.45) is 5.73 Å². The second-order valence-electron chi connectivity index (χ2n) is 5.61. The summed E-state index contributed by atoms with van der Waals surface area (Å²) < 4.78 is 0. The smallest absolute Gasteiger partial charge is 0.222 e. The highest BCUT2D eigenvalue weighted by atomic mass is 16.1. The van der Waals surface area contributed by atoms with E-state index in [1.807, 2.05) is 20.8 Å². The SMILES string of the molecule is C#CC(CCC)NC(CN)CC(=O)NC(C)(C)C. The van der Waals surface area contributed by atoms with Gasteiger partial charge in [0.15, 0.2) is 0 Å². The Morgan fingerprint density at radius 2 is 2.06 bits per heavy atom. The minimum Gasteiger partial charge on any atom is -0.351 e. The Hall–Kier alpha value is -1.05. The molecule has 0 aliphatic carbocycles. The monoisotopic (exact) mass is 253 g/mol. The molecular weight excluding hydrogens is 226 g/mol. The number of terminal acetylenes is 1. The van der Waals surface area contributed by atoms with Crippen molar-refractivity contribution in [2.75, 3.05) is 6.54 Å². The van der Waals surface area contributed by atoms with Gasteiger partial charge in [-0.25, -0.2) is 0 Å². The summed E-state index contributed by atoms with van der Waals surface area (Å²) in [6.45, 7) is 8.35. The summed E-state index contributed by atoms with van der Waals surface area (Å²) in [5.41, 5.74) is 5.46. The molecule has 4 nitrogen and oxygen atoms in total. The first-order valence-corrected chi connectivity index (χ1v) is 6.55. The predicted octanol–water partition coefficient (Wildman–Crippen LogP) is 1.01. The third-order valence-electron chi connectivity index (χ3n) is 2.45. The van der Waals surface area contributed by atoms with Gasteiger partial charge in [-0.1, -0.05) is 19.3 Å². The zero-order valence-corrected chi connectivity index (χ0v) is 12.0. The van der Waals surface area contributed by atoms with E-state index in [2.05, 4.69) is 23.5 Å². The average molecular weight is 253 g/mol. The molecule has 4 N–H and O–H groups in total. The molecule has 104 valence electrons. The molecule has 4 heteroatoms. The summed E-state index contributed by atoms with van der Waals surface area (Å²) in [6, 6.07) is -0.0778. The number of amides is 1. The summed E-state index contributed by atoms with van der Waals surface area (Å²) in [6.07, 6.45) is 7.70. The Kier molecular flexibility index (Phi) is 7.65. The van der Waals surface area contributed by atoms with Crippen LogP contribution in [0.1, 0.15) is 47.0 Å². The molecule has 1 amide bonds. The van der Waals surface area contributed by atoms with Crippen molar-refractivity contribution in [3.05, 3.63) is 0 Å². The molecule has 0 radical (unpaired) electrons. The number of carbonyl (C=O) groups excluding carboxylic acids is 1. The highest BCUT2D eigenvalue weighted by molar-refractivity contribution is 5.77.